The summed E-state index contributed by atoms with van der Waals surface area (Å²) in [6, 6.07) is 0. The first kappa shape index (κ1) is 8.67. The van der Waals surface area contributed by atoms with Gasteiger partial charge in [0.2, 0.25) is 0 Å². The highest BCUT2D eigenvalue weighted by Gasteiger charge is 2.17. The van der Waals surface area contributed by atoms with E-state index >= 15 is 0 Å². The fourth-order valence-electron chi connectivity index (χ4n) is 1.07. The van der Waals surface area contributed by atoms with Gasteiger partial charge in [0.1, 0.15) is 6.17 Å². The van der Waals surface area contributed by atoms with Crippen molar-refractivity contribution in [2.24, 2.45) is 0 Å². The number of rotatable bonds is 0. The van der Waals surface area contributed by atoms with Gasteiger partial charge < -0.3 is 4.90 Å². The van der Waals surface area contributed by atoms with Crippen LogP contribution < -0.4 is 0 Å². The van der Waals surface area contributed by atoms with Crippen molar-refractivity contribution in [2.45, 2.75) is 6.17 Å². The van der Waals surface area contributed by atoms with Gasteiger partial charge >= 0.3 is 0 Å². The lowest BCUT2D eigenvalue weighted by Crippen LogP contribution is -2.26. The molecule has 0 aliphatic carbocycles. The van der Waals surface area contributed by atoms with E-state index < -0.39 is 6.17 Å². The Bertz CT molecular complexity index is 99.9. The molecule has 0 aromatic carbocycles. The SMILES string of the molecule is CN1CCN(I)CC(F)C1. The summed E-state index contributed by atoms with van der Waals surface area (Å²) in [5, 5.41) is 0. The summed E-state index contributed by atoms with van der Waals surface area (Å²) in [6.07, 6.45) is -0.676. The highest BCUT2D eigenvalue weighted by atomic mass is 127. The number of halogens is 2. The molecule has 1 atom stereocenters. The molecule has 0 radical (unpaired) electrons. The molecule has 0 amide bonds. The fraction of sp³-hybridized carbons (Fsp3) is 1.00. The first-order valence-electron chi connectivity index (χ1n) is 3.42. The van der Waals surface area contributed by atoms with Crippen LogP contribution in [0.3, 0.4) is 0 Å². The van der Waals surface area contributed by atoms with Crippen LogP contribution in [0.1, 0.15) is 0 Å². The van der Waals surface area contributed by atoms with Crippen molar-refractivity contribution in [3.8, 4) is 0 Å². The molecule has 0 aromatic rings. The molecule has 1 rings (SSSR count). The van der Waals surface area contributed by atoms with E-state index in [2.05, 4.69) is 22.9 Å². The smallest absolute Gasteiger partial charge is 0.126 e. The van der Waals surface area contributed by atoms with Gasteiger partial charge in [-0.25, -0.2) is 7.50 Å². The number of hydrogen-bond acceptors (Lipinski definition) is 2. The van der Waals surface area contributed by atoms with Crippen molar-refractivity contribution in [1.29, 1.82) is 0 Å². The molecule has 4 heteroatoms. The van der Waals surface area contributed by atoms with Gasteiger partial charge in [-0.3, -0.25) is 0 Å². The molecule has 1 heterocycles. The Morgan fingerprint density at radius 3 is 2.80 bits per heavy atom. The highest BCUT2D eigenvalue weighted by Crippen LogP contribution is 2.08. The molecule has 10 heavy (non-hydrogen) atoms. The van der Waals surface area contributed by atoms with E-state index in [9.17, 15) is 4.39 Å². The van der Waals surface area contributed by atoms with E-state index in [1.807, 2.05) is 15.1 Å². The van der Waals surface area contributed by atoms with E-state index in [1.165, 1.54) is 0 Å². The van der Waals surface area contributed by atoms with Gasteiger partial charge in [0, 0.05) is 49.0 Å². The molecule has 0 aromatic heterocycles. The lowest BCUT2D eigenvalue weighted by Gasteiger charge is -2.12. The minimum Gasteiger partial charge on any atom is -0.302 e. The van der Waals surface area contributed by atoms with Gasteiger partial charge in [-0.1, -0.05) is 0 Å². The van der Waals surface area contributed by atoms with Crippen molar-refractivity contribution < 1.29 is 4.39 Å². The van der Waals surface area contributed by atoms with Crippen molar-refractivity contribution >= 4 is 22.9 Å². The van der Waals surface area contributed by atoms with Gasteiger partial charge in [-0.05, 0) is 7.05 Å². The Kier molecular flexibility index (Phi) is 3.32. The summed E-state index contributed by atoms with van der Waals surface area (Å²) in [4.78, 5) is 2.03. The van der Waals surface area contributed by atoms with Crippen LogP contribution in [0, 0.1) is 0 Å². The molecule has 1 aliphatic rings. The quantitative estimate of drug-likeness (QED) is 0.471. The second-order valence-corrected chi connectivity index (χ2v) is 4.09. The Labute approximate surface area is 74.9 Å². The third kappa shape index (κ3) is 2.67. The Hall–Kier alpha value is 0.580. The van der Waals surface area contributed by atoms with E-state index in [0.29, 0.717) is 13.1 Å². The highest BCUT2D eigenvalue weighted by molar-refractivity contribution is 14.1. The number of nitrogens with zero attached hydrogens (tertiary/aromatic N) is 2. The van der Waals surface area contributed by atoms with Gasteiger partial charge in [0.05, 0.1) is 0 Å². The molecular formula is C6H12FIN2. The van der Waals surface area contributed by atoms with Crippen molar-refractivity contribution in [3.05, 3.63) is 0 Å². The maximum atomic E-state index is 12.9. The maximum absolute atomic E-state index is 12.9. The normalized spacial score (nSPS) is 32.1. The van der Waals surface area contributed by atoms with Crippen LogP contribution in [0.4, 0.5) is 4.39 Å². The van der Waals surface area contributed by atoms with Crippen LogP contribution in [0.2, 0.25) is 0 Å². The predicted octanol–water partition coefficient (Wildman–Crippen LogP) is 0.922. The molecular weight excluding hydrogens is 246 g/mol. The third-order valence-corrected chi connectivity index (χ3v) is 2.51. The second-order valence-electron chi connectivity index (χ2n) is 2.73. The zero-order valence-electron chi connectivity index (χ0n) is 6.06. The molecule has 0 spiro atoms. The summed E-state index contributed by atoms with van der Waals surface area (Å²) in [6.45, 7) is 3.10. The number of hydrogen-bond donors (Lipinski definition) is 0. The average Bonchev–Trinajstić information content (AvgIpc) is 1.93. The van der Waals surface area contributed by atoms with Crippen LogP contribution in [-0.2, 0) is 0 Å². The molecule has 1 fully saturated rings. The van der Waals surface area contributed by atoms with Crippen LogP contribution in [0.5, 0.6) is 0 Å². The summed E-state index contributed by atoms with van der Waals surface area (Å²) >= 11 is 2.17. The average molecular weight is 258 g/mol. The standard InChI is InChI=1S/C6H12FIN2/c1-9-2-3-10(8)5-6(7)4-9/h6H,2-5H2,1H3. The molecule has 0 saturated carbocycles. The van der Waals surface area contributed by atoms with Crippen LogP contribution in [0.15, 0.2) is 0 Å². The molecule has 0 N–H and O–H groups in total. The van der Waals surface area contributed by atoms with Gasteiger partial charge in [0.15, 0.2) is 0 Å². The minimum absolute atomic E-state index is 0.574. The van der Waals surface area contributed by atoms with Gasteiger partial charge in [-0.2, -0.15) is 0 Å². The van der Waals surface area contributed by atoms with E-state index in [4.69, 9.17) is 0 Å². The lowest BCUT2D eigenvalue weighted by atomic mass is 10.4. The third-order valence-electron chi connectivity index (χ3n) is 1.63. The molecule has 1 saturated heterocycles. The second kappa shape index (κ2) is 3.82. The molecule has 1 aliphatic heterocycles. The maximum Gasteiger partial charge on any atom is 0.126 e. The lowest BCUT2D eigenvalue weighted by molar-refractivity contribution is 0.243. The number of likely N-dealkylation sites (N-methyl/N-ethyl adjacent to an activating group) is 1. The Morgan fingerprint density at radius 2 is 2.10 bits per heavy atom. The zero-order valence-corrected chi connectivity index (χ0v) is 8.21. The van der Waals surface area contributed by atoms with Gasteiger partial charge in [0.25, 0.3) is 0 Å². The summed E-state index contributed by atoms with van der Waals surface area (Å²) < 4.78 is 14.9. The molecule has 2 nitrogen and oxygen atoms in total. The summed E-state index contributed by atoms with van der Waals surface area (Å²) in [7, 11) is 1.96. The topological polar surface area (TPSA) is 6.48 Å². The summed E-state index contributed by atoms with van der Waals surface area (Å²) in [5.74, 6) is 0. The van der Waals surface area contributed by atoms with Crippen LogP contribution in [0.25, 0.3) is 0 Å². The first-order valence-corrected chi connectivity index (χ1v) is 4.38. The van der Waals surface area contributed by atoms with Crippen molar-refractivity contribution in [1.82, 2.24) is 8.01 Å². The zero-order chi connectivity index (χ0) is 7.56. The monoisotopic (exact) mass is 258 g/mol. The number of alkyl halides is 1. The molecule has 60 valence electrons. The van der Waals surface area contributed by atoms with E-state index in [-0.39, 0.29) is 0 Å². The van der Waals surface area contributed by atoms with E-state index in [0.717, 1.165) is 13.1 Å². The summed E-state index contributed by atoms with van der Waals surface area (Å²) in [5.41, 5.74) is 0. The predicted molar refractivity (Wildman–Crippen MR) is 48.0 cm³/mol. The Balaban J connectivity index is 2.38. The van der Waals surface area contributed by atoms with Crippen LogP contribution in [-0.4, -0.2) is 47.4 Å². The minimum atomic E-state index is -0.676. The largest absolute Gasteiger partial charge is 0.302 e. The van der Waals surface area contributed by atoms with Crippen LogP contribution >= 0.6 is 22.9 Å². The fourth-order valence-corrected chi connectivity index (χ4v) is 1.72. The van der Waals surface area contributed by atoms with Crippen molar-refractivity contribution in [2.75, 3.05) is 33.2 Å². The van der Waals surface area contributed by atoms with Gasteiger partial charge in [-0.15, -0.1) is 0 Å². The molecule has 0 bridgehead atoms. The molecule has 1 unspecified atom stereocenters. The van der Waals surface area contributed by atoms with E-state index in [1.54, 1.807) is 0 Å². The first-order chi connectivity index (χ1) is 4.68. The Morgan fingerprint density at radius 1 is 1.40 bits per heavy atom. The van der Waals surface area contributed by atoms with Crippen molar-refractivity contribution in [3.63, 3.8) is 0 Å².